The molecule has 0 nitrogen and oxygen atoms in total. The van der Waals surface area contributed by atoms with E-state index < -0.39 is 36.8 Å². The normalized spacial score (nSPS) is 15.1. The Hall–Kier alpha value is 1.34. The molecule has 12 heavy (non-hydrogen) atoms. The van der Waals surface area contributed by atoms with Crippen molar-refractivity contribution in [3.05, 3.63) is 7.68 Å². The van der Waals surface area contributed by atoms with Gasteiger partial charge in [-0.3, -0.25) is 0 Å². The molecule has 0 radical (unpaired) electrons. The molecular weight excluding hydrogens is 358 g/mol. The number of allylic oxidation sites excluding steroid dienone is 1. The van der Waals surface area contributed by atoms with Gasteiger partial charge in [0.25, 0.3) is 0 Å². The molecule has 2 heteroatoms. The summed E-state index contributed by atoms with van der Waals surface area (Å²) in [4.78, 5) is 15.1. The second-order valence-electron chi connectivity index (χ2n) is 5.64. The van der Waals surface area contributed by atoms with Crippen molar-refractivity contribution in [1.82, 2.24) is 0 Å². The molecule has 0 aliphatic heterocycles. The zero-order valence-corrected chi connectivity index (χ0v) is 15.5. The van der Waals surface area contributed by atoms with Gasteiger partial charge in [-0.2, -0.15) is 0 Å². The third-order valence-electron chi connectivity index (χ3n) is 1.95. The van der Waals surface area contributed by atoms with Crippen molar-refractivity contribution < 1.29 is 0 Å². The zero-order valence-electron chi connectivity index (χ0n) is 9.78. The van der Waals surface area contributed by atoms with Gasteiger partial charge < -0.3 is 0 Å². The van der Waals surface area contributed by atoms with E-state index in [4.69, 9.17) is 0 Å². The number of hydrogen-bond donors (Lipinski definition) is 0. The Kier molecular flexibility index (Phi) is 5.24. The van der Waals surface area contributed by atoms with Crippen LogP contribution in [0, 0.1) is 0 Å². The molecule has 0 aromatic carbocycles. The molecule has 0 saturated heterocycles. The van der Waals surface area contributed by atoms with E-state index >= 15 is 0 Å². The number of hydrogen-bond acceptors (Lipinski definition) is 0. The van der Waals surface area contributed by atoms with Crippen molar-refractivity contribution in [2.24, 2.45) is 0 Å². The van der Waals surface area contributed by atoms with Gasteiger partial charge in [-0.25, -0.2) is 0 Å². The third-order valence-corrected chi connectivity index (χ3v) is 14.7. The van der Waals surface area contributed by atoms with Crippen molar-refractivity contribution in [3.8, 4) is 0 Å². The van der Waals surface area contributed by atoms with Gasteiger partial charge in [0.2, 0.25) is 0 Å². The Labute approximate surface area is 86.6 Å². The van der Waals surface area contributed by atoms with E-state index in [0.29, 0.717) is 0 Å². The summed E-state index contributed by atoms with van der Waals surface area (Å²) in [6.45, 7) is 2.33. The van der Waals surface area contributed by atoms with E-state index in [1.165, 1.54) is 6.42 Å². The zero-order chi connectivity index (χ0) is 9.99. The van der Waals surface area contributed by atoms with Gasteiger partial charge >= 0.3 is 87.4 Å². The first-order valence-corrected chi connectivity index (χ1v) is 25.1. The minimum atomic E-state index is -1.68. The second-order valence-corrected chi connectivity index (χ2v) is 34.6. The number of rotatable bonds is 3. The van der Waals surface area contributed by atoms with Gasteiger partial charge in [-0.15, -0.1) is 0 Å². The summed E-state index contributed by atoms with van der Waals surface area (Å²) in [5.41, 5.74) is 0. The van der Waals surface area contributed by atoms with Crippen LogP contribution in [0.1, 0.15) is 13.3 Å². The predicted molar refractivity (Wildman–Crippen MR) is 65.1 cm³/mol. The van der Waals surface area contributed by atoms with Crippen molar-refractivity contribution >= 4 is 36.8 Å². The SMILES string of the molecule is CC/[C](=[CH]/[Sn]([CH3])([CH3])[CH3])[Sn]([CH3])([CH3])[CH3]. The molecule has 0 aliphatic rings. The van der Waals surface area contributed by atoms with E-state index in [1.807, 2.05) is 3.59 Å². The summed E-state index contributed by atoms with van der Waals surface area (Å²) in [7, 11) is 0. The summed E-state index contributed by atoms with van der Waals surface area (Å²) in [6.07, 6.45) is 1.31. The van der Waals surface area contributed by atoms with Gasteiger partial charge in [0, 0.05) is 0 Å². The van der Waals surface area contributed by atoms with Crippen molar-refractivity contribution in [2.75, 3.05) is 0 Å². The van der Waals surface area contributed by atoms with Crippen LogP contribution in [-0.2, 0) is 0 Å². The monoisotopic (exact) mass is 384 g/mol. The molecular formula is C10H24Sn2. The van der Waals surface area contributed by atoms with Crippen molar-refractivity contribution in [3.63, 3.8) is 0 Å². The fraction of sp³-hybridized carbons (Fsp3) is 0.800. The fourth-order valence-corrected chi connectivity index (χ4v) is 25.8. The Morgan fingerprint density at radius 2 is 1.42 bits per heavy atom. The standard InChI is InChI=1S/C4H6.6CH3.2Sn/c1-3-4-2;;;;;;;;/h1H,4H2,2H3;6*1H3;;. The summed E-state index contributed by atoms with van der Waals surface area (Å²) in [5.74, 6) is 0. The maximum atomic E-state index is 2.71. The first-order chi connectivity index (χ1) is 5.17. The fourth-order valence-electron chi connectivity index (χ4n) is 1.37. The average Bonchev–Trinajstić information content (AvgIpc) is 1.78. The van der Waals surface area contributed by atoms with E-state index in [-0.39, 0.29) is 0 Å². The quantitative estimate of drug-likeness (QED) is 0.646. The van der Waals surface area contributed by atoms with Crippen LogP contribution in [0.2, 0.25) is 29.6 Å². The Bertz CT molecular complexity index is 167. The molecule has 0 spiro atoms. The van der Waals surface area contributed by atoms with E-state index in [1.54, 1.807) is 0 Å². The van der Waals surface area contributed by atoms with E-state index in [2.05, 4.69) is 40.7 Å². The van der Waals surface area contributed by atoms with Crippen LogP contribution in [0.4, 0.5) is 0 Å². The minimum absolute atomic E-state index is 1.31. The molecule has 0 amide bonds. The van der Waals surface area contributed by atoms with Crippen LogP contribution in [0.5, 0.6) is 0 Å². The van der Waals surface area contributed by atoms with Crippen molar-refractivity contribution in [1.29, 1.82) is 0 Å². The van der Waals surface area contributed by atoms with Crippen LogP contribution >= 0.6 is 0 Å². The maximum absolute atomic E-state index is 2.71. The summed E-state index contributed by atoms with van der Waals surface area (Å²) >= 11 is -3.33. The first-order valence-electron chi connectivity index (χ1n) is 4.89. The van der Waals surface area contributed by atoms with Crippen LogP contribution in [0.25, 0.3) is 0 Å². The summed E-state index contributed by atoms with van der Waals surface area (Å²) in [6, 6.07) is 0. The summed E-state index contributed by atoms with van der Waals surface area (Å²) < 4.78 is 4.58. The second kappa shape index (κ2) is 4.72. The predicted octanol–water partition coefficient (Wildman–Crippen LogP) is 4.08. The van der Waals surface area contributed by atoms with Crippen LogP contribution in [0.3, 0.4) is 0 Å². The van der Waals surface area contributed by atoms with E-state index in [9.17, 15) is 0 Å². The molecule has 0 saturated carbocycles. The Morgan fingerprint density at radius 3 is 1.50 bits per heavy atom. The molecule has 0 rings (SSSR count). The van der Waals surface area contributed by atoms with Gasteiger partial charge in [-0.05, 0) is 0 Å². The molecule has 0 aromatic rings. The third kappa shape index (κ3) is 5.89. The molecule has 0 aromatic heterocycles. The molecule has 0 fully saturated rings. The molecule has 0 unspecified atom stereocenters. The molecule has 0 N–H and O–H groups in total. The van der Waals surface area contributed by atoms with Crippen molar-refractivity contribution in [2.45, 2.75) is 43.0 Å². The molecule has 0 bridgehead atoms. The average molecular weight is 382 g/mol. The molecule has 0 aliphatic carbocycles. The molecule has 0 heterocycles. The topological polar surface area (TPSA) is 0 Å². The van der Waals surface area contributed by atoms with Gasteiger partial charge in [0.1, 0.15) is 0 Å². The van der Waals surface area contributed by atoms with Crippen LogP contribution in [0.15, 0.2) is 7.68 Å². The molecule has 0 atom stereocenters. The van der Waals surface area contributed by atoms with Crippen LogP contribution in [-0.4, -0.2) is 36.8 Å². The van der Waals surface area contributed by atoms with Gasteiger partial charge in [-0.1, -0.05) is 0 Å². The van der Waals surface area contributed by atoms with Crippen LogP contribution < -0.4 is 0 Å². The first kappa shape index (κ1) is 13.3. The Morgan fingerprint density at radius 1 is 1.00 bits per heavy atom. The van der Waals surface area contributed by atoms with E-state index in [0.717, 1.165) is 0 Å². The molecule has 72 valence electrons. The van der Waals surface area contributed by atoms with Gasteiger partial charge in [0.15, 0.2) is 0 Å². The van der Waals surface area contributed by atoms with Gasteiger partial charge in [0.05, 0.1) is 0 Å². The summed E-state index contributed by atoms with van der Waals surface area (Å²) in [5, 5.41) is 0. The Balaban J connectivity index is 4.68.